The Bertz CT molecular complexity index is 758. The largest absolute Gasteiger partial charge is 0.383 e. The summed E-state index contributed by atoms with van der Waals surface area (Å²) in [5, 5.41) is 19.1. The van der Waals surface area contributed by atoms with Crippen LogP contribution in [0.3, 0.4) is 0 Å². The number of anilines is 1. The van der Waals surface area contributed by atoms with E-state index in [0.29, 0.717) is 19.0 Å². The summed E-state index contributed by atoms with van der Waals surface area (Å²) in [7, 11) is 0. The molecule has 1 aliphatic rings. The Morgan fingerprint density at radius 1 is 1.19 bits per heavy atom. The van der Waals surface area contributed by atoms with E-state index in [9.17, 15) is 5.11 Å². The van der Waals surface area contributed by atoms with Gasteiger partial charge in [-0.2, -0.15) is 0 Å². The van der Waals surface area contributed by atoms with Gasteiger partial charge in [-0.15, -0.1) is 11.3 Å². The number of aliphatic hydroxyl groups is 1. The molecule has 6 heteroatoms. The SMILES string of the molecule is CCNC(=NCc1ccc(N2CC=CC2)cc1)NCC(C)(O)c1cccs1. The molecule has 2 aromatic rings. The van der Waals surface area contributed by atoms with Crippen LogP contribution in [0.5, 0.6) is 0 Å². The van der Waals surface area contributed by atoms with Crippen molar-refractivity contribution in [2.24, 2.45) is 4.99 Å². The predicted octanol–water partition coefficient (Wildman–Crippen LogP) is 3.09. The van der Waals surface area contributed by atoms with Gasteiger partial charge in [0.1, 0.15) is 5.60 Å². The van der Waals surface area contributed by atoms with E-state index >= 15 is 0 Å². The number of rotatable bonds is 7. The summed E-state index contributed by atoms with van der Waals surface area (Å²) in [5.74, 6) is 0.710. The zero-order valence-corrected chi connectivity index (χ0v) is 16.8. The molecule has 0 bridgehead atoms. The maximum absolute atomic E-state index is 10.7. The van der Waals surface area contributed by atoms with Gasteiger partial charge in [-0.3, -0.25) is 0 Å². The van der Waals surface area contributed by atoms with Crippen molar-refractivity contribution in [1.82, 2.24) is 10.6 Å². The Kier molecular flexibility index (Phi) is 6.53. The van der Waals surface area contributed by atoms with Gasteiger partial charge in [0, 0.05) is 30.2 Å². The highest BCUT2D eigenvalue weighted by Gasteiger charge is 2.24. The second kappa shape index (κ2) is 9.06. The van der Waals surface area contributed by atoms with E-state index in [1.807, 2.05) is 31.4 Å². The minimum atomic E-state index is -0.921. The summed E-state index contributed by atoms with van der Waals surface area (Å²) >= 11 is 1.56. The van der Waals surface area contributed by atoms with Crippen molar-refractivity contribution in [3.05, 3.63) is 64.4 Å². The fourth-order valence-corrected chi connectivity index (χ4v) is 3.73. The number of nitrogens with one attached hydrogen (secondary N) is 2. The fourth-order valence-electron chi connectivity index (χ4n) is 2.94. The summed E-state index contributed by atoms with van der Waals surface area (Å²) in [4.78, 5) is 7.92. The predicted molar refractivity (Wildman–Crippen MR) is 115 cm³/mol. The van der Waals surface area contributed by atoms with Crippen molar-refractivity contribution in [3.63, 3.8) is 0 Å². The van der Waals surface area contributed by atoms with Crippen molar-refractivity contribution in [1.29, 1.82) is 0 Å². The topological polar surface area (TPSA) is 59.9 Å². The molecular weight excluding hydrogens is 356 g/mol. The van der Waals surface area contributed by atoms with Gasteiger partial charge in [-0.1, -0.05) is 30.4 Å². The van der Waals surface area contributed by atoms with Crippen molar-refractivity contribution < 1.29 is 5.11 Å². The van der Waals surface area contributed by atoms with Crippen LogP contribution >= 0.6 is 11.3 Å². The molecule has 1 atom stereocenters. The van der Waals surface area contributed by atoms with E-state index in [-0.39, 0.29) is 0 Å². The maximum Gasteiger partial charge on any atom is 0.191 e. The minimum absolute atomic E-state index is 0.403. The molecule has 1 aromatic carbocycles. The van der Waals surface area contributed by atoms with Crippen molar-refractivity contribution in [3.8, 4) is 0 Å². The molecule has 0 aliphatic carbocycles. The summed E-state index contributed by atoms with van der Waals surface area (Å²) in [6, 6.07) is 12.5. The molecule has 0 fully saturated rings. The number of hydrogen-bond donors (Lipinski definition) is 3. The van der Waals surface area contributed by atoms with Gasteiger partial charge in [0.2, 0.25) is 0 Å². The Labute approximate surface area is 165 Å². The van der Waals surface area contributed by atoms with E-state index in [1.54, 1.807) is 11.3 Å². The van der Waals surface area contributed by atoms with Crippen LogP contribution in [0.15, 0.2) is 58.9 Å². The standard InChI is InChI=1S/C21H28N4OS/c1-3-22-20(24-16-21(2,26)19-7-6-14-27-19)23-15-17-8-10-18(11-9-17)25-12-4-5-13-25/h4-11,14,26H,3,12-13,15-16H2,1-2H3,(H2,22,23,24). The molecule has 0 saturated carbocycles. The maximum atomic E-state index is 10.7. The van der Waals surface area contributed by atoms with Crippen LogP contribution in [0, 0.1) is 0 Å². The van der Waals surface area contributed by atoms with Gasteiger partial charge in [-0.05, 0) is 43.0 Å². The first-order chi connectivity index (χ1) is 13.1. The Hall–Kier alpha value is -2.31. The number of benzene rings is 1. The third-order valence-electron chi connectivity index (χ3n) is 4.54. The van der Waals surface area contributed by atoms with Crippen molar-refractivity contribution in [2.75, 3.05) is 31.1 Å². The van der Waals surface area contributed by atoms with Crippen LogP contribution in [-0.2, 0) is 12.1 Å². The smallest absolute Gasteiger partial charge is 0.191 e. The molecule has 3 rings (SSSR count). The third-order valence-corrected chi connectivity index (χ3v) is 5.66. The summed E-state index contributed by atoms with van der Waals surface area (Å²) in [5.41, 5.74) is 1.48. The molecule has 1 unspecified atom stereocenters. The summed E-state index contributed by atoms with van der Waals surface area (Å²) < 4.78 is 0. The van der Waals surface area contributed by atoms with Crippen LogP contribution in [0.25, 0.3) is 0 Å². The quantitative estimate of drug-likeness (QED) is 0.390. The summed E-state index contributed by atoms with van der Waals surface area (Å²) in [6.45, 7) is 7.59. The van der Waals surface area contributed by atoms with Crippen LogP contribution in [0.1, 0.15) is 24.3 Å². The first kappa shape index (κ1) is 19.5. The third kappa shape index (κ3) is 5.34. The van der Waals surface area contributed by atoms with E-state index in [0.717, 1.165) is 30.1 Å². The molecule has 1 aliphatic heterocycles. The van der Waals surface area contributed by atoms with Crippen LogP contribution < -0.4 is 15.5 Å². The Morgan fingerprint density at radius 2 is 1.93 bits per heavy atom. The van der Waals surface area contributed by atoms with Crippen LogP contribution in [0.2, 0.25) is 0 Å². The van der Waals surface area contributed by atoms with E-state index in [1.165, 1.54) is 5.69 Å². The zero-order chi connectivity index (χ0) is 19.1. The van der Waals surface area contributed by atoms with Gasteiger partial charge in [-0.25, -0.2) is 4.99 Å². The number of nitrogens with zero attached hydrogens (tertiary/aromatic N) is 2. The van der Waals surface area contributed by atoms with Crippen LogP contribution in [-0.4, -0.2) is 37.2 Å². The van der Waals surface area contributed by atoms with Crippen molar-refractivity contribution in [2.45, 2.75) is 26.0 Å². The lowest BCUT2D eigenvalue weighted by atomic mass is 10.1. The van der Waals surface area contributed by atoms with Gasteiger partial charge in [0.25, 0.3) is 0 Å². The molecule has 5 nitrogen and oxygen atoms in total. The lowest BCUT2D eigenvalue weighted by Gasteiger charge is -2.23. The Balaban J connectivity index is 1.58. The molecule has 0 saturated heterocycles. The molecule has 0 radical (unpaired) electrons. The van der Waals surface area contributed by atoms with E-state index in [4.69, 9.17) is 0 Å². The van der Waals surface area contributed by atoms with Crippen molar-refractivity contribution >= 4 is 23.0 Å². The average molecular weight is 385 g/mol. The molecule has 1 aromatic heterocycles. The minimum Gasteiger partial charge on any atom is -0.383 e. The highest BCUT2D eigenvalue weighted by Crippen LogP contribution is 2.24. The molecule has 0 amide bonds. The normalized spacial score (nSPS) is 16.4. The lowest BCUT2D eigenvalue weighted by Crippen LogP contribution is -2.44. The molecule has 3 N–H and O–H groups in total. The molecule has 0 spiro atoms. The van der Waals surface area contributed by atoms with E-state index < -0.39 is 5.60 Å². The summed E-state index contributed by atoms with van der Waals surface area (Å²) in [6.07, 6.45) is 4.38. The first-order valence-electron chi connectivity index (χ1n) is 9.36. The number of guanidine groups is 1. The van der Waals surface area contributed by atoms with E-state index in [2.05, 4.69) is 56.9 Å². The number of aliphatic imine (C=N–C) groups is 1. The highest BCUT2D eigenvalue weighted by atomic mass is 32.1. The lowest BCUT2D eigenvalue weighted by molar-refractivity contribution is 0.0655. The molecule has 2 heterocycles. The molecule has 27 heavy (non-hydrogen) atoms. The molecule has 144 valence electrons. The van der Waals surface area contributed by atoms with Gasteiger partial charge in [0.15, 0.2) is 5.96 Å². The first-order valence-corrected chi connectivity index (χ1v) is 10.2. The van der Waals surface area contributed by atoms with Gasteiger partial charge < -0.3 is 20.6 Å². The monoisotopic (exact) mass is 384 g/mol. The fraction of sp³-hybridized carbons (Fsp3) is 0.381. The molecular formula is C21H28N4OS. The van der Waals surface area contributed by atoms with Crippen LogP contribution in [0.4, 0.5) is 5.69 Å². The number of thiophene rings is 1. The zero-order valence-electron chi connectivity index (χ0n) is 16.0. The number of hydrogen-bond acceptors (Lipinski definition) is 4. The average Bonchev–Trinajstić information content (AvgIpc) is 3.39. The highest BCUT2D eigenvalue weighted by molar-refractivity contribution is 7.10. The Morgan fingerprint density at radius 3 is 2.56 bits per heavy atom. The van der Waals surface area contributed by atoms with Gasteiger partial charge >= 0.3 is 0 Å². The van der Waals surface area contributed by atoms with Gasteiger partial charge in [0.05, 0.1) is 13.1 Å². The second-order valence-electron chi connectivity index (χ2n) is 6.84. The second-order valence-corrected chi connectivity index (χ2v) is 7.79.